The maximum Gasteiger partial charge on any atom is 0.416 e. The van der Waals surface area contributed by atoms with Crippen molar-refractivity contribution in [2.75, 3.05) is 38.7 Å². The molecule has 12 heteroatoms. The van der Waals surface area contributed by atoms with Gasteiger partial charge < -0.3 is 24.8 Å². The summed E-state index contributed by atoms with van der Waals surface area (Å²) in [6.45, 7) is 0.247. The van der Waals surface area contributed by atoms with Crippen LogP contribution in [0.25, 0.3) is 10.9 Å². The van der Waals surface area contributed by atoms with Crippen molar-refractivity contribution in [2.45, 2.75) is 19.1 Å². The topological polar surface area (TPSA) is 77.7 Å². The number of anilines is 1. The zero-order valence-electron chi connectivity index (χ0n) is 22.7. The van der Waals surface area contributed by atoms with Crippen molar-refractivity contribution < 1.29 is 27.5 Å². The average molecular weight is 621 g/mol. The normalized spacial score (nSPS) is 11.5. The number of carbonyl (C=O) groups is 2. The zero-order chi connectivity index (χ0) is 30.3. The van der Waals surface area contributed by atoms with E-state index in [2.05, 4.69) is 10.3 Å². The first kappa shape index (κ1) is 31.2. The van der Waals surface area contributed by atoms with Gasteiger partial charge in [0, 0.05) is 43.8 Å². The fourth-order valence-electron chi connectivity index (χ4n) is 4.43. The molecule has 0 saturated carbocycles. The number of carbonyl (C=O) groups excluding carboxylic acids is 2. The molecule has 3 amide bonds. The minimum Gasteiger partial charge on any atom is -0.383 e. The van der Waals surface area contributed by atoms with Crippen LogP contribution < -0.4 is 5.32 Å². The molecule has 0 aliphatic heterocycles. The number of fused-ring (bicyclic) bond motifs is 1. The van der Waals surface area contributed by atoms with Gasteiger partial charge >= 0.3 is 12.2 Å². The van der Waals surface area contributed by atoms with E-state index in [-0.39, 0.29) is 48.5 Å². The highest BCUT2D eigenvalue weighted by Crippen LogP contribution is 2.31. The minimum atomic E-state index is -4.47. The Bertz CT molecular complexity index is 1510. The quantitative estimate of drug-likeness (QED) is 0.185. The van der Waals surface area contributed by atoms with Gasteiger partial charge in [0.25, 0.3) is 0 Å². The molecule has 0 aliphatic rings. The third kappa shape index (κ3) is 7.96. The number of amides is 3. The third-order valence-electron chi connectivity index (χ3n) is 6.71. The van der Waals surface area contributed by atoms with Crippen molar-refractivity contribution >= 4 is 51.7 Å². The summed E-state index contributed by atoms with van der Waals surface area (Å²) in [6, 6.07) is 16.6. The first-order chi connectivity index (χ1) is 20.1. The molecule has 4 rings (SSSR count). The number of nitrogens with one attached hydrogen (secondary N) is 2. The van der Waals surface area contributed by atoms with Crippen LogP contribution in [0.3, 0.4) is 0 Å². The van der Waals surface area contributed by atoms with Crippen LogP contribution >= 0.6 is 23.2 Å². The molecular formula is C30H29Cl2F3N4O3. The Morgan fingerprint density at radius 1 is 0.929 bits per heavy atom. The summed E-state index contributed by atoms with van der Waals surface area (Å²) >= 11 is 12.4. The van der Waals surface area contributed by atoms with Crippen LogP contribution in [0.1, 0.15) is 16.7 Å². The molecule has 0 atom stereocenters. The molecule has 0 radical (unpaired) electrons. The maximum absolute atomic E-state index is 13.7. The number of hydrogen-bond donors (Lipinski definition) is 2. The van der Waals surface area contributed by atoms with Gasteiger partial charge in [-0.05, 0) is 47.9 Å². The van der Waals surface area contributed by atoms with Crippen molar-refractivity contribution in [3.63, 3.8) is 0 Å². The Kier molecular flexibility index (Phi) is 10.4. The number of nitrogens with zero attached hydrogens (tertiary/aromatic N) is 2. The molecule has 0 spiro atoms. The number of H-pyrrole nitrogens is 1. The number of methoxy groups -OCH3 is 1. The molecule has 1 aromatic heterocycles. The highest BCUT2D eigenvalue weighted by molar-refractivity contribution is 6.39. The molecule has 0 unspecified atom stereocenters. The number of para-hydroxylation sites is 2. The molecule has 1 heterocycles. The number of urea groups is 1. The molecule has 42 heavy (non-hydrogen) atoms. The van der Waals surface area contributed by atoms with Gasteiger partial charge in [-0.3, -0.25) is 4.79 Å². The van der Waals surface area contributed by atoms with Gasteiger partial charge in [-0.25, -0.2) is 4.79 Å². The van der Waals surface area contributed by atoms with Gasteiger partial charge in [-0.2, -0.15) is 13.2 Å². The van der Waals surface area contributed by atoms with E-state index in [1.165, 1.54) is 29.0 Å². The summed E-state index contributed by atoms with van der Waals surface area (Å²) in [5, 5.41) is 4.14. The highest BCUT2D eigenvalue weighted by Gasteiger charge is 2.30. The Morgan fingerprint density at radius 2 is 1.62 bits per heavy atom. The maximum atomic E-state index is 13.7. The number of halogens is 5. The second-order valence-electron chi connectivity index (χ2n) is 9.56. The van der Waals surface area contributed by atoms with E-state index < -0.39 is 23.7 Å². The molecular weight excluding hydrogens is 592 g/mol. The molecule has 4 aromatic rings. The van der Waals surface area contributed by atoms with Crippen molar-refractivity contribution in [1.29, 1.82) is 0 Å². The van der Waals surface area contributed by atoms with Gasteiger partial charge in [0.15, 0.2) is 0 Å². The van der Waals surface area contributed by atoms with Crippen LogP contribution in [0, 0.1) is 0 Å². The molecule has 0 bridgehead atoms. The smallest absolute Gasteiger partial charge is 0.383 e. The number of aromatic amines is 1. The molecule has 3 aromatic carbocycles. The van der Waals surface area contributed by atoms with E-state index in [4.69, 9.17) is 27.9 Å². The van der Waals surface area contributed by atoms with E-state index in [1.54, 1.807) is 18.2 Å². The van der Waals surface area contributed by atoms with Crippen LogP contribution in [0.5, 0.6) is 0 Å². The third-order valence-corrected chi connectivity index (χ3v) is 7.34. The summed E-state index contributed by atoms with van der Waals surface area (Å²) in [7, 11) is 1.47. The number of alkyl halides is 3. The lowest BCUT2D eigenvalue weighted by molar-refractivity contribution is -0.137. The first-order valence-corrected chi connectivity index (χ1v) is 13.8. The van der Waals surface area contributed by atoms with Crippen molar-refractivity contribution in [2.24, 2.45) is 0 Å². The Morgan fingerprint density at radius 3 is 2.29 bits per heavy atom. The first-order valence-electron chi connectivity index (χ1n) is 13.0. The number of aromatic nitrogens is 1. The van der Waals surface area contributed by atoms with Gasteiger partial charge in [-0.1, -0.05) is 59.6 Å². The van der Waals surface area contributed by atoms with E-state index in [9.17, 15) is 22.8 Å². The van der Waals surface area contributed by atoms with E-state index >= 15 is 0 Å². The second kappa shape index (κ2) is 14.0. The predicted octanol–water partition coefficient (Wildman–Crippen LogP) is 7.25. The largest absolute Gasteiger partial charge is 0.416 e. The second-order valence-corrected chi connectivity index (χ2v) is 10.4. The number of rotatable bonds is 11. The summed E-state index contributed by atoms with van der Waals surface area (Å²) in [5.74, 6) is -0.397. The Hall–Kier alpha value is -3.73. The fourth-order valence-corrected chi connectivity index (χ4v) is 4.92. The van der Waals surface area contributed by atoms with Crippen molar-refractivity contribution in [1.82, 2.24) is 14.8 Å². The van der Waals surface area contributed by atoms with Gasteiger partial charge in [-0.15, -0.1) is 0 Å². The highest BCUT2D eigenvalue weighted by atomic mass is 35.5. The lowest BCUT2D eigenvalue weighted by Gasteiger charge is -2.28. The van der Waals surface area contributed by atoms with Gasteiger partial charge in [0.2, 0.25) is 5.91 Å². The average Bonchev–Trinajstić information content (AvgIpc) is 3.38. The monoisotopic (exact) mass is 620 g/mol. The fraction of sp³-hybridized carbons (Fsp3) is 0.267. The van der Waals surface area contributed by atoms with Crippen LogP contribution in [-0.4, -0.2) is 60.1 Å². The molecule has 0 fully saturated rings. The summed E-state index contributed by atoms with van der Waals surface area (Å²) < 4.78 is 44.5. The van der Waals surface area contributed by atoms with E-state index in [0.29, 0.717) is 12.0 Å². The zero-order valence-corrected chi connectivity index (χ0v) is 24.2. The lowest BCUT2D eigenvalue weighted by atomic mass is 10.1. The summed E-state index contributed by atoms with van der Waals surface area (Å²) in [4.78, 5) is 32.9. The van der Waals surface area contributed by atoms with Crippen LogP contribution in [-0.2, 0) is 28.7 Å². The van der Waals surface area contributed by atoms with Crippen molar-refractivity contribution in [3.8, 4) is 0 Å². The Balaban J connectivity index is 1.55. The summed E-state index contributed by atoms with van der Waals surface area (Å²) in [5.41, 5.74) is 1.89. The van der Waals surface area contributed by atoms with Gasteiger partial charge in [0.05, 0.1) is 27.9 Å². The van der Waals surface area contributed by atoms with E-state index in [1.807, 2.05) is 30.5 Å². The molecule has 7 nitrogen and oxygen atoms in total. The summed E-state index contributed by atoms with van der Waals surface area (Å²) in [6.07, 6.45) is -2.11. The molecule has 2 N–H and O–H groups in total. The van der Waals surface area contributed by atoms with Crippen molar-refractivity contribution in [3.05, 3.63) is 99.7 Å². The number of hydrogen-bond acceptors (Lipinski definition) is 3. The van der Waals surface area contributed by atoms with Crippen LogP contribution in [0.15, 0.2) is 72.9 Å². The number of ether oxygens (including phenoxy) is 1. The number of benzene rings is 3. The predicted molar refractivity (Wildman–Crippen MR) is 158 cm³/mol. The minimum absolute atomic E-state index is 0.0510. The lowest BCUT2D eigenvalue weighted by Crippen LogP contribution is -2.46. The molecule has 0 saturated heterocycles. The van der Waals surface area contributed by atoms with Gasteiger partial charge in [0.1, 0.15) is 6.54 Å². The molecule has 0 aliphatic carbocycles. The SMILES string of the molecule is COCCN(CC(=O)N(CCc1c[nH]c2ccccc12)Cc1ccc(C(F)(F)F)cc1)C(=O)Nc1c(Cl)cccc1Cl. The van der Waals surface area contributed by atoms with Crippen LogP contribution in [0.4, 0.5) is 23.7 Å². The molecule has 222 valence electrons. The standard InChI is InChI=1S/C30H29Cl2F3N4O3/c1-42-16-15-39(29(41)37-28-24(31)6-4-7-25(28)32)19-27(40)38(18-20-9-11-22(12-10-20)30(33,34)35)14-13-21-17-36-26-8-3-2-5-23(21)26/h2-12,17,36H,13-16,18-19H2,1H3,(H,37,41). The van der Waals surface area contributed by atoms with Crippen LogP contribution in [0.2, 0.25) is 10.0 Å². The Labute approximate surface area is 251 Å². The van der Waals surface area contributed by atoms with E-state index in [0.717, 1.165) is 28.6 Å².